The SMILES string of the molecule is O=S1(=O)CC[C@H](NN([C@@H]2CCS(=O)(=O)C2)S(=O)(=O)c2ccc(Br)cc2)C1. The van der Waals surface area contributed by atoms with Crippen molar-refractivity contribution in [1.82, 2.24) is 9.84 Å². The van der Waals surface area contributed by atoms with Crippen molar-refractivity contribution in [1.29, 1.82) is 0 Å². The van der Waals surface area contributed by atoms with Crippen molar-refractivity contribution in [2.75, 3.05) is 23.0 Å². The van der Waals surface area contributed by atoms with Crippen molar-refractivity contribution in [3.8, 4) is 0 Å². The quantitative estimate of drug-likeness (QED) is 0.595. The van der Waals surface area contributed by atoms with E-state index in [0.717, 1.165) is 4.41 Å². The third-order valence-electron chi connectivity index (χ3n) is 4.45. The van der Waals surface area contributed by atoms with Crippen LogP contribution in [0.1, 0.15) is 12.8 Å². The van der Waals surface area contributed by atoms with E-state index < -0.39 is 41.8 Å². The average Bonchev–Trinajstić information content (AvgIpc) is 3.06. The predicted octanol–water partition coefficient (Wildman–Crippen LogP) is 0.319. The highest BCUT2D eigenvalue weighted by molar-refractivity contribution is 9.10. The van der Waals surface area contributed by atoms with Gasteiger partial charge in [0.1, 0.15) is 0 Å². The molecule has 1 aromatic rings. The van der Waals surface area contributed by atoms with Crippen LogP contribution in [0.4, 0.5) is 0 Å². The fourth-order valence-electron chi connectivity index (χ4n) is 3.13. The first-order chi connectivity index (χ1) is 12.0. The second-order valence-electron chi connectivity index (χ2n) is 6.54. The Labute approximate surface area is 161 Å². The molecule has 8 nitrogen and oxygen atoms in total. The monoisotopic (exact) mass is 486 g/mol. The molecule has 0 amide bonds. The summed E-state index contributed by atoms with van der Waals surface area (Å²) in [5.41, 5.74) is 2.79. The number of halogens is 1. The second-order valence-corrected chi connectivity index (χ2v) is 13.7. The molecule has 1 N–H and O–H groups in total. The number of hydrazine groups is 1. The number of nitrogens with zero attached hydrogens (tertiary/aromatic N) is 1. The van der Waals surface area contributed by atoms with E-state index in [0.29, 0.717) is 4.47 Å². The zero-order valence-corrected chi connectivity index (χ0v) is 17.7. The molecular weight excluding hydrogens is 468 g/mol. The van der Waals surface area contributed by atoms with Gasteiger partial charge in [-0.1, -0.05) is 15.9 Å². The lowest BCUT2D eigenvalue weighted by atomic mass is 10.2. The summed E-state index contributed by atoms with van der Waals surface area (Å²) in [4.78, 5) is 0.0124. The Kier molecular flexibility index (Phi) is 5.54. The van der Waals surface area contributed by atoms with Crippen molar-refractivity contribution < 1.29 is 25.3 Å². The molecule has 2 saturated heterocycles. The van der Waals surface area contributed by atoms with Crippen LogP contribution in [0.25, 0.3) is 0 Å². The highest BCUT2D eigenvalue weighted by Gasteiger charge is 2.41. The molecule has 0 unspecified atom stereocenters. The van der Waals surface area contributed by atoms with Crippen LogP contribution in [0.3, 0.4) is 0 Å². The number of hydrogen-bond donors (Lipinski definition) is 1. The first-order valence-corrected chi connectivity index (χ1v) is 13.8. The minimum atomic E-state index is -4.03. The Morgan fingerprint density at radius 2 is 1.54 bits per heavy atom. The van der Waals surface area contributed by atoms with Crippen molar-refractivity contribution >= 4 is 45.6 Å². The Bertz CT molecular complexity index is 990. The molecule has 2 heterocycles. The molecule has 0 aromatic heterocycles. The fourth-order valence-corrected chi connectivity index (χ4v) is 8.42. The van der Waals surface area contributed by atoms with Crippen molar-refractivity contribution in [2.24, 2.45) is 0 Å². The molecule has 146 valence electrons. The standard InChI is InChI=1S/C14H19BrN2O6S3/c15-11-1-3-14(4-2-11)26(22,23)17(13-6-8-25(20,21)10-13)16-12-5-7-24(18,19)9-12/h1-4,12-13,16H,5-10H2/t12-,13+/m0/s1. The molecule has 2 aliphatic heterocycles. The lowest BCUT2D eigenvalue weighted by Crippen LogP contribution is -2.54. The van der Waals surface area contributed by atoms with Crippen molar-refractivity contribution in [3.63, 3.8) is 0 Å². The zero-order chi connectivity index (χ0) is 19.2. The number of sulfone groups is 2. The van der Waals surface area contributed by atoms with Gasteiger partial charge in [-0.15, -0.1) is 4.41 Å². The normalized spacial score (nSPS) is 27.8. The summed E-state index contributed by atoms with van der Waals surface area (Å²) in [6.45, 7) is 0. The Morgan fingerprint density at radius 3 is 2.04 bits per heavy atom. The van der Waals surface area contributed by atoms with E-state index in [-0.39, 0.29) is 40.7 Å². The first-order valence-electron chi connectivity index (χ1n) is 7.96. The maximum atomic E-state index is 13.1. The van der Waals surface area contributed by atoms with E-state index in [9.17, 15) is 25.3 Å². The van der Waals surface area contributed by atoms with Gasteiger partial charge in [0.2, 0.25) is 0 Å². The molecule has 12 heteroatoms. The molecule has 0 aliphatic carbocycles. The van der Waals surface area contributed by atoms with Gasteiger partial charge in [-0.3, -0.25) is 0 Å². The third-order valence-corrected chi connectivity index (χ3v) is 10.3. The third kappa shape index (κ3) is 4.47. The summed E-state index contributed by atoms with van der Waals surface area (Å²) >= 11 is 3.24. The topological polar surface area (TPSA) is 118 Å². The van der Waals surface area contributed by atoms with E-state index in [2.05, 4.69) is 21.4 Å². The second kappa shape index (κ2) is 7.13. The average molecular weight is 487 g/mol. The number of hydrogen-bond acceptors (Lipinski definition) is 7. The Hall–Kier alpha value is -0.530. The van der Waals surface area contributed by atoms with Crippen molar-refractivity contribution in [3.05, 3.63) is 28.7 Å². The predicted molar refractivity (Wildman–Crippen MR) is 100 cm³/mol. The largest absolute Gasteiger partial charge is 0.256 e. The molecule has 2 fully saturated rings. The van der Waals surface area contributed by atoms with Gasteiger partial charge < -0.3 is 0 Å². The molecule has 2 atom stereocenters. The molecule has 2 aliphatic rings. The molecular formula is C14H19BrN2O6S3. The van der Waals surface area contributed by atoms with Crippen LogP contribution >= 0.6 is 15.9 Å². The lowest BCUT2D eigenvalue weighted by molar-refractivity contribution is 0.229. The van der Waals surface area contributed by atoms with E-state index in [4.69, 9.17) is 0 Å². The molecule has 0 spiro atoms. The van der Waals surface area contributed by atoms with Gasteiger partial charge >= 0.3 is 0 Å². The maximum Gasteiger partial charge on any atom is 0.256 e. The van der Waals surface area contributed by atoms with Crippen LogP contribution in [0.15, 0.2) is 33.6 Å². The Morgan fingerprint density at radius 1 is 0.962 bits per heavy atom. The van der Waals surface area contributed by atoms with Gasteiger partial charge in [-0.25, -0.2) is 30.7 Å². The van der Waals surface area contributed by atoms with Gasteiger partial charge in [-0.05, 0) is 37.1 Å². The molecule has 0 saturated carbocycles. The van der Waals surface area contributed by atoms with Crippen LogP contribution in [0.5, 0.6) is 0 Å². The molecule has 0 bridgehead atoms. The minimum Gasteiger partial charge on any atom is -0.237 e. The van der Waals surface area contributed by atoms with Crippen LogP contribution in [-0.4, -0.2) is 64.8 Å². The molecule has 0 radical (unpaired) electrons. The van der Waals surface area contributed by atoms with Crippen molar-refractivity contribution in [2.45, 2.75) is 29.8 Å². The van der Waals surface area contributed by atoms with Gasteiger partial charge in [0.05, 0.1) is 33.9 Å². The Balaban J connectivity index is 1.93. The van der Waals surface area contributed by atoms with Gasteiger partial charge in [0, 0.05) is 10.5 Å². The molecule has 1 aromatic carbocycles. The van der Waals surface area contributed by atoms with Gasteiger partial charge in [-0.2, -0.15) is 0 Å². The smallest absolute Gasteiger partial charge is 0.237 e. The summed E-state index contributed by atoms with van der Waals surface area (Å²) in [6, 6.07) is 4.67. The zero-order valence-electron chi connectivity index (χ0n) is 13.7. The van der Waals surface area contributed by atoms with Gasteiger partial charge in [0.15, 0.2) is 19.7 Å². The summed E-state index contributed by atoms with van der Waals surface area (Å²) in [7, 11) is -10.6. The number of rotatable bonds is 5. The van der Waals surface area contributed by atoms with Crippen LogP contribution in [0, 0.1) is 0 Å². The first kappa shape index (κ1) is 20.2. The van der Waals surface area contributed by atoms with E-state index in [1.807, 2.05) is 0 Å². The highest BCUT2D eigenvalue weighted by Crippen LogP contribution is 2.26. The molecule has 3 rings (SSSR count). The van der Waals surface area contributed by atoms with Crippen LogP contribution < -0.4 is 5.43 Å². The fraction of sp³-hybridized carbons (Fsp3) is 0.571. The maximum absolute atomic E-state index is 13.1. The lowest BCUT2D eigenvalue weighted by Gasteiger charge is -2.30. The summed E-state index contributed by atoms with van der Waals surface area (Å²) < 4.78 is 74.9. The number of benzene rings is 1. The van der Waals surface area contributed by atoms with Crippen LogP contribution in [0.2, 0.25) is 0 Å². The molecule has 26 heavy (non-hydrogen) atoms. The van der Waals surface area contributed by atoms with Gasteiger partial charge in [0.25, 0.3) is 10.0 Å². The van der Waals surface area contributed by atoms with E-state index in [1.165, 1.54) is 12.1 Å². The summed E-state index contributed by atoms with van der Waals surface area (Å²) in [5.74, 6) is -0.553. The van der Waals surface area contributed by atoms with E-state index in [1.54, 1.807) is 12.1 Å². The summed E-state index contributed by atoms with van der Waals surface area (Å²) in [5, 5.41) is 0. The summed E-state index contributed by atoms with van der Waals surface area (Å²) in [6.07, 6.45) is 0.457. The minimum absolute atomic E-state index is 0.0124. The van der Waals surface area contributed by atoms with E-state index >= 15 is 0 Å². The number of sulfonamides is 1. The highest BCUT2D eigenvalue weighted by atomic mass is 79.9. The van der Waals surface area contributed by atoms with Crippen LogP contribution in [-0.2, 0) is 29.7 Å². The number of nitrogens with one attached hydrogen (secondary N) is 1.